The van der Waals surface area contributed by atoms with Gasteiger partial charge in [-0.2, -0.15) is 0 Å². The molecule has 0 aromatic carbocycles. The van der Waals surface area contributed by atoms with Crippen molar-refractivity contribution in [1.82, 2.24) is 10.2 Å². The first kappa shape index (κ1) is 18.7. The Balaban J connectivity index is 0.000001000. The summed E-state index contributed by atoms with van der Waals surface area (Å²) in [5.74, 6) is 0.873. The van der Waals surface area contributed by atoms with Crippen molar-refractivity contribution in [3.63, 3.8) is 0 Å². The molecule has 1 N–H and O–H groups in total. The zero-order valence-electron chi connectivity index (χ0n) is 11.5. The molecule has 1 aromatic heterocycles. The van der Waals surface area contributed by atoms with Gasteiger partial charge >= 0.3 is 0 Å². The van der Waals surface area contributed by atoms with E-state index in [2.05, 4.69) is 37.6 Å². The first-order valence-corrected chi connectivity index (χ1v) is 8.71. The molecule has 6 heteroatoms. The molecule has 2 aliphatic rings. The highest BCUT2D eigenvalue weighted by molar-refractivity contribution is 9.10. The third-order valence-corrected chi connectivity index (χ3v) is 6.25. The number of nitrogens with one attached hydrogen (secondary N) is 1. The summed E-state index contributed by atoms with van der Waals surface area (Å²) in [6, 6.07) is 2.87. The lowest BCUT2D eigenvalue weighted by Crippen LogP contribution is -2.46. The molecule has 3 rings (SSSR count). The van der Waals surface area contributed by atoms with Crippen molar-refractivity contribution in [3.8, 4) is 0 Å². The average Bonchev–Trinajstić information content (AvgIpc) is 3.05. The van der Waals surface area contributed by atoms with Gasteiger partial charge in [0.2, 0.25) is 0 Å². The van der Waals surface area contributed by atoms with Crippen LogP contribution in [0.3, 0.4) is 0 Å². The van der Waals surface area contributed by atoms with Crippen LogP contribution >= 0.6 is 52.1 Å². The van der Waals surface area contributed by atoms with Crippen LogP contribution in [0.2, 0.25) is 0 Å². The monoisotopic (exact) mass is 400 g/mol. The lowest BCUT2D eigenvalue weighted by molar-refractivity contribution is 0.127. The van der Waals surface area contributed by atoms with E-state index in [9.17, 15) is 0 Å². The van der Waals surface area contributed by atoms with Crippen molar-refractivity contribution in [2.75, 3.05) is 26.2 Å². The van der Waals surface area contributed by atoms with Crippen LogP contribution in [0, 0.1) is 5.92 Å². The maximum absolute atomic E-state index is 3.75. The van der Waals surface area contributed by atoms with Crippen LogP contribution in [0.1, 0.15) is 36.6 Å². The van der Waals surface area contributed by atoms with Crippen LogP contribution in [-0.4, -0.2) is 31.1 Å². The van der Waals surface area contributed by atoms with Crippen molar-refractivity contribution in [3.05, 3.63) is 20.8 Å². The zero-order valence-corrected chi connectivity index (χ0v) is 15.6. The lowest BCUT2D eigenvalue weighted by atomic mass is 9.94. The summed E-state index contributed by atoms with van der Waals surface area (Å²) in [6.45, 7) is 4.69. The van der Waals surface area contributed by atoms with E-state index in [0.29, 0.717) is 6.04 Å². The van der Waals surface area contributed by atoms with Gasteiger partial charge in [-0.1, -0.05) is 12.8 Å². The third-order valence-electron chi connectivity index (χ3n) is 4.30. The minimum atomic E-state index is 0. The number of nitrogens with zero attached hydrogens (tertiary/aromatic N) is 1. The van der Waals surface area contributed by atoms with Crippen LogP contribution in [0.5, 0.6) is 0 Å². The van der Waals surface area contributed by atoms with Gasteiger partial charge in [0.15, 0.2) is 0 Å². The summed E-state index contributed by atoms with van der Waals surface area (Å²) in [6.07, 6.45) is 5.68. The van der Waals surface area contributed by atoms with E-state index < -0.39 is 0 Å². The van der Waals surface area contributed by atoms with Crippen molar-refractivity contribution in [2.24, 2.45) is 5.92 Å². The fourth-order valence-corrected chi connectivity index (χ4v) is 5.26. The number of rotatable bonds is 3. The number of hydrogen-bond donors (Lipinski definition) is 1. The van der Waals surface area contributed by atoms with Crippen LogP contribution in [0.25, 0.3) is 0 Å². The third kappa shape index (κ3) is 4.11. The van der Waals surface area contributed by atoms with Crippen molar-refractivity contribution in [1.29, 1.82) is 0 Å². The minimum Gasteiger partial charge on any atom is -0.314 e. The molecule has 116 valence electrons. The molecule has 20 heavy (non-hydrogen) atoms. The summed E-state index contributed by atoms with van der Waals surface area (Å²) in [5, 5.41) is 5.70. The Morgan fingerprint density at radius 3 is 2.40 bits per heavy atom. The molecule has 2 nitrogen and oxygen atoms in total. The minimum absolute atomic E-state index is 0. The van der Waals surface area contributed by atoms with E-state index in [0.717, 1.165) is 19.0 Å². The maximum atomic E-state index is 3.75. The molecule has 0 radical (unpaired) electrons. The van der Waals surface area contributed by atoms with Crippen LogP contribution in [-0.2, 0) is 0 Å². The highest BCUT2D eigenvalue weighted by Crippen LogP contribution is 2.43. The molecular weight excluding hydrogens is 379 g/mol. The summed E-state index contributed by atoms with van der Waals surface area (Å²) >= 11 is 5.68. The Kier molecular flexibility index (Phi) is 8.39. The van der Waals surface area contributed by atoms with Gasteiger partial charge in [-0.3, -0.25) is 4.90 Å². The second-order valence-corrected chi connectivity index (χ2v) is 7.21. The smallest absolute Gasteiger partial charge is 0.0482 e. The van der Waals surface area contributed by atoms with Crippen LogP contribution in [0.4, 0.5) is 0 Å². The molecule has 1 aliphatic heterocycles. The first-order chi connectivity index (χ1) is 8.86. The average molecular weight is 402 g/mol. The van der Waals surface area contributed by atoms with E-state index >= 15 is 0 Å². The van der Waals surface area contributed by atoms with E-state index in [-0.39, 0.29) is 24.8 Å². The molecule has 0 unspecified atom stereocenters. The molecule has 1 aromatic rings. The Hall–Kier alpha value is 0.680. The van der Waals surface area contributed by atoms with Crippen molar-refractivity contribution >= 4 is 52.1 Å². The predicted molar refractivity (Wildman–Crippen MR) is 95.7 cm³/mol. The van der Waals surface area contributed by atoms with Gasteiger partial charge in [-0.05, 0) is 46.1 Å². The zero-order chi connectivity index (χ0) is 12.4. The second kappa shape index (κ2) is 8.96. The lowest BCUT2D eigenvalue weighted by Gasteiger charge is -2.38. The Morgan fingerprint density at radius 1 is 1.20 bits per heavy atom. The molecule has 1 saturated carbocycles. The molecule has 2 heterocycles. The Morgan fingerprint density at radius 2 is 1.85 bits per heavy atom. The summed E-state index contributed by atoms with van der Waals surface area (Å²) in [4.78, 5) is 4.27. The van der Waals surface area contributed by atoms with E-state index in [1.807, 2.05) is 11.3 Å². The fourth-order valence-electron chi connectivity index (χ4n) is 3.43. The summed E-state index contributed by atoms with van der Waals surface area (Å²) < 4.78 is 1.32. The molecule has 0 amide bonds. The fraction of sp³-hybridized carbons (Fsp3) is 0.714. The molecule has 1 saturated heterocycles. The van der Waals surface area contributed by atoms with Gasteiger partial charge in [0, 0.05) is 41.6 Å². The van der Waals surface area contributed by atoms with Gasteiger partial charge in [0.25, 0.3) is 0 Å². The topological polar surface area (TPSA) is 15.3 Å². The van der Waals surface area contributed by atoms with Crippen LogP contribution in [0.15, 0.2) is 15.9 Å². The molecule has 2 fully saturated rings. The molecular formula is C14H23BrCl2N2S. The molecule has 1 aliphatic carbocycles. The van der Waals surface area contributed by atoms with E-state index in [1.54, 1.807) is 4.88 Å². The normalized spacial score (nSPS) is 22.1. The first-order valence-electron chi connectivity index (χ1n) is 7.04. The number of halogens is 3. The highest BCUT2D eigenvalue weighted by atomic mass is 79.9. The van der Waals surface area contributed by atoms with Gasteiger partial charge in [0.05, 0.1) is 0 Å². The largest absolute Gasteiger partial charge is 0.314 e. The number of thiophene rings is 1. The number of piperazine rings is 1. The second-order valence-electron chi connectivity index (χ2n) is 5.41. The highest BCUT2D eigenvalue weighted by Gasteiger charge is 2.33. The molecule has 1 atom stereocenters. The molecule has 0 spiro atoms. The predicted octanol–water partition coefficient (Wildman–Crippen LogP) is 4.49. The maximum Gasteiger partial charge on any atom is 0.0482 e. The Bertz CT molecular complexity index is 390. The quantitative estimate of drug-likeness (QED) is 0.802. The summed E-state index contributed by atoms with van der Waals surface area (Å²) in [5.41, 5.74) is 0. The summed E-state index contributed by atoms with van der Waals surface area (Å²) in [7, 11) is 0. The van der Waals surface area contributed by atoms with Crippen molar-refractivity contribution in [2.45, 2.75) is 31.7 Å². The Labute approximate surface area is 146 Å². The van der Waals surface area contributed by atoms with Gasteiger partial charge in [0.1, 0.15) is 0 Å². The SMILES string of the molecule is Brc1ccsc1[C@@H](C1CCCC1)N1CCNCC1.Cl.Cl. The molecule has 0 bridgehead atoms. The van der Waals surface area contributed by atoms with E-state index in [4.69, 9.17) is 0 Å². The van der Waals surface area contributed by atoms with E-state index in [1.165, 1.54) is 43.2 Å². The van der Waals surface area contributed by atoms with Crippen molar-refractivity contribution < 1.29 is 0 Å². The van der Waals surface area contributed by atoms with Gasteiger partial charge in [-0.25, -0.2) is 0 Å². The standard InChI is InChI=1S/C14H21BrN2S.2ClH/c15-12-5-10-18-14(12)13(11-3-1-2-4-11)17-8-6-16-7-9-17;;/h5,10-11,13,16H,1-4,6-9H2;2*1H/t13-;;/m1../s1. The van der Waals surface area contributed by atoms with Crippen LogP contribution < -0.4 is 5.32 Å². The van der Waals surface area contributed by atoms with Gasteiger partial charge in [-0.15, -0.1) is 36.2 Å². The number of hydrogen-bond acceptors (Lipinski definition) is 3. The van der Waals surface area contributed by atoms with Gasteiger partial charge < -0.3 is 5.32 Å².